The summed E-state index contributed by atoms with van der Waals surface area (Å²) in [5.41, 5.74) is 4.23. The van der Waals surface area contributed by atoms with Gasteiger partial charge in [0.05, 0.1) is 5.75 Å². The van der Waals surface area contributed by atoms with E-state index < -0.39 is 10.0 Å². The predicted octanol–water partition coefficient (Wildman–Crippen LogP) is 3.84. The van der Waals surface area contributed by atoms with Crippen LogP contribution in [0, 0.1) is 12.8 Å². The zero-order chi connectivity index (χ0) is 24.0. The molecule has 2 aromatic rings. The summed E-state index contributed by atoms with van der Waals surface area (Å²) in [5.74, 6) is -0.0940. The molecule has 0 bridgehead atoms. The Kier molecular flexibility index (Phi) is 8.40. The molecule has 0 saturated carbocycles. The molecule has 0 aromatic heterocycles. The van der Waals surface area contributed by atoms with Crippen molar-refractivity contribution < 1.29 is 13.2 Å². The van der Waals surface area contributed by atoms with Gasteiger partial charge in [0.2, 0.25) is 15.9 Å². The lowest BCUT2D eigenvalue weighted by atomic mass is 9.97. The maximum atomic E-state index is 12.9. The van der Waals surface area contributed by atoms with E-state index in [9.17, 15) is 13.2 Å². The number of sulfonamides is 1. The minimum absolute atomic E-state index is 0.0182. The van der Waals surface area contributed by atoms with Gasteiger partial charge in [-0.1, -0.05) is 55.0 Å². The number of rotatable bonds is 8. The molecule has 1 amide bonds. The highest BCUT2D eigenvalue weighted by Crippen LogP contribution is 2.23. The molecular formula is C27H37N3O3S. The van der Waals surface area contributed by atoms with E-state index in [0.717, 1.165) is 23.2 Å². The third-order valence-electron chi connectivity index (χ3n) is 7.13. The van der Waals surface area contributed by atoms with Crippen molar-refractivity contribution >= 4 is 15.9 Å². The van der Waals surface area contributed by atoms with Crippen LogP contribution in [0.5, 0.6) is 0 Å². The molecule has 7 heteroatoms. The van der Waals surface area contributed by atoms with Gasteiger partial charge < -0.3 is 5.32 Å². The molecular weight excluding hydrogens is 446 g/mol. The van der Waals surface area contributed by atoms with Crippen LogP contribution in [-0.4, -0.2) is 49.7 Å². The lowest BCUT2D eigenvalue weighted by molar-refractivity contribution is -0.126. The number of nitrogens with one attached hydrogen (secondary N) is 1. The van der Waals surface area contributed by atoms with Gasteiger partial charge in [0.1, 0.15) is 0 Å². The summed E-state index contributed by atoms with van der Waals surface area (Å²) in [4.78, 5) is 15.3. The number of likely N-dealkylation sites (tertiary alicyclic amines) is 1. The van der Waals surface area contributed by atoms with Crippen molar-refractivity contribution in [1.82, 2.24) is 14.5 Å². The second kappa shape index (κ2) is 11.5. The summed E-state index contributed by atoms with van der Waals surface area (Å²) < 4.78 is 27.3. The van der Waals surface area contributed by atoms with Gasteiger partial charge in [0.15, 0.2) is 0 Å². The van der Waals surface area contributed by atoms with Crippen molar-refractivity contribution in [3.63, 3.8) is 0 Å². The monoisotopic (exact) mass is 483 g/mol. The fourth-order valence-corrected chi connectivity index (χ4v) is 6.67. The Balaban J connectivity index is 1.24. The molecule has 0 unspecified atom stereocenters. The Morgan fingerprint density at radius 1 is 0.941 bits per heavy atom. The minimum Gasteiger partial charge on any atom is -0.352 e. The molecule has 2 fully saturated rings. The van der Waals surface area contributed by atoms with E-state index in [1.807, 2.05) is 31.2 Å². The van der Waals surface area contributed by atoms with Gasteiger partial charge in [0, 0.05) is 32.1 Å². The van der Waals surface area contributed by atoms with E-state index in [1.165, 1.54) is 37.9 Å². The van der Waals surface area contributed by atoms with E-state index >= 15 is 0 Å². The number of amides is 1. The number of benzene rings is 2. The van der Waals surface area contributed by atoms with Crippen LogP contribution >= 0.6 is 0 Å². The van der Waals surface area contributed by atoms with E-state index in [0.29, 0.717) is 32.5 Å². The molecule has 2 saturated heterocycles. The number of piperidine rings is 2. The fourth-order valence-electron chi connectivity index (χ4n) is 5.00. The SMILES string of the molecule is Cc1ccccc1CS(=O)(=O)N1CCC(C(=O)NCc2cccc(CN3CCCCC3)c2)CC1. The van der Waals surface area contributed by atoms with Crippen molar-refractivity contribution in [2.24, 2.45) is 5.92 Å². The van der Waals surface area contributed by atoms with Gasteiger partial charge in [-0.2, -0.15) is 0 Å². The Hall–Kier alpha value is -2.22. The normalized spacial score (nSPS) is 18.6. The summed E-state index contributed by atoms with van der Waals surface area (Å²) in [6.07, 6.45) is 5.02. The highest BCUT2D eigenvalue weighted by molar-refractivity contribution is 7.88. The Bertz CT molecular complexity index is 1070. The average molecular weight is 484 g/mol. The molecule has 4 rings (SSSR count). The first-order valence-corrected chi connectivity index (χ1v) is 14.1. The van der Waals surface area contributed by atoms with Gasteiger partial charge in [-0.05, 0) is 68.0 Å². The highest BCUT2D eigenvalue weighted by atomic mass is 32.2. The van der Waals surface area contributed by atoms with Gasteiger partial charge in [-0.25, -0.2) is 12.7 Å². The summed E-state index contributed by atoms with van der Waals surface area (Å²) in [7, 11) is -3.38. The fraction of sp³-hybridized carbons (Fsp3) is 0.519. The third-order valence-corrected chi connectivity index (χ3v) is 8.96. The number of aryl methyl sites for hydroxylation is 1. The van der Waals surface area contributed by atoms with Crippen LogP contribution in [0.15, 0.2) is 48.5 Å². The van der Waals surface area contributed by atoms with Crippen LogP contribution in [0.25, 0.3) is 0 Å². The average Bonchev–Trinajstić information content (AvgIpc) is 2.85. The van der Waals surface area contributed by atoms with Gasteiger partial charge >= 0.3 is 0 Å². The lowest BCUT2D eigenvalue weighted by Gasteiger charge is -2.30. The first-order valence-electron chi connectivity index (χ1n) is 12.5. The molecule has 0 spiro atoms. The Morgan fingerprint density at radius 3 is 2.38 bits per heavy atom. The van der Waals surface area contributed by atoms with Crippen LogP contribution in [0.2, 0.25) is 0 Å². The number of hydrogen-bond donors (Lipinski definition) is 1. The van der Waals surface area contributed by atoms with Gasteiger partial charge in [0.25, 0.3) is 0 Å². The largest absolute Gasteiger partial charge is 0.352 e. The van der Waals surface area contributed by atoms with Crippen molar-refractivity contribution in [1.29, 1.82) is 0 Å². The predicted molar refractivity (Wildman–Crippen MR) is 136 cm³/mol. The number of nitrogens with zero attached hydrogens (tertiary/aromatic N) is 2. The molecule has 1 N–H and O–H groups in total. The van der Waals surface area contributed by atoms with Crippen molar-refractivity contribution in [2.45, 2.75) is 57.9 Å². The number of carbonyl (C=O) groups is 1. The van der Waals surface area contributed by atoms with Crippen LogP contribution in [0.4, 0.5) is 0 Å². The first-order chi connectivity index (χ1) is 16.4. The third kappa shape index (κ3) is 6.68. The standard InChI is InChI=1S/C27H37N3O3S/c1-22-8-3-4-11-26(22)21-34(32,33)30-16-12-25(13-17-30)27(31)28-19-23-9-7-10-24(18-23)20-29-14-5-2-6-15-29/h3-4,7-11,18,25H,2,5-6,12-17,19-21H2,1H3,(H,28,31). The van der Waals surface area contributed by atoms with E-state index in [-0.39, 0.29) is 17.6 Å². The molecule has 2 aliphatic heterocycles. The molecule has 2 heterocycles. The van der Waals surface area contributed by atoms with Crippen LogP contribution < -0.4 is 5.32 Å². The zero-order valence-corrected chi connectivity index (χ0v) is 21.0. The van der Waals surface area contributed by atoms with Crippen LogP contribution in [-0.2, 0) is 33.7 Å². The van der Waals surface area contributed by atoms with Crippen LogP contribution in [0.1, 0.15) is 54.4 Å². The zero-order valence-electron chi connectivity index (χ0n) is 20.2. The van der Waals surface area contributed by atoms with Gasteiger partial charge in [-0.15, -0.1) is 0 Å². The summed E-state index contributed by atoms with van der Waals surface area (Å²) in [5, 5.41) is 3.08. The molecule has 184 valence electrons. The van der Waals surface area contributed by atoms with Crippen molar-refractivity contribution in [3.05, 3.63) is 70.8 Å². The molecule has 2 aliphatic rings. The highest BCUT2D eigenvalue weighted by Gasteiger charge is 2.31. The minimum atomic E-state index is -3.38. The number of carbonyl (C=O) groups excluding carboxylic acids is 1. The molecule has 0 atom stereocenters. The summed E-state index contributed by atoms with van der Waals surface area (Å²) in [6.45, 7) is 6.55. The molecule has 0 radical (unpaired) electrons. The van der Waals surface area contributed by atoms with E-state index in [1.54, 1.807) is 4.31 Å². The topological polar surface area (TPSA) is 69.7 Å². The second-order valence-electron chi connectivity index (χ2n) is 9.73. The summed E-state index contributed by atoms with van der Waals surface area (Å²) in [6, 6.07) is 16.1. The molecule has 34 heavy (non-hydrogen) atoms. The van der Waals surface area contributed by atoms with Crippen molar-refractivity contribution in [2.75, 3.05) is 26.2 Å². The van der Waals surface area contributed by atoms with E-state index in [2.05, 4.69) is 34.5 Å². The smallest absolute Gasteiger partial charge is 0.223 e. The first kappa shape index (κ1) is 24.9. The molecule has 6 nitrogen and oxygen atoms in total. The maximum absolute atomic E-state index is 12.9. The second-order valence-corrected chi connectivity index (χ2v) is 11.7. The summed E-state index contributed by atoms with van der Waals surface area (Å²) >= 11 is 0. The Labute approximate surface area is 204 Å². The van der Waals surface area contributed by atoms with Gasteiger partial charge in [-0.3, -0.25) is 9.69 Å². The molecule has 0 aliphatic carbocycles. The van der Waals surface area contributed by atoms with E-state index in [4.69, 9.17) is 0 Å². The van der Waals surface area contributed by atoms with Crippen molar-refractivity contribution in [3.8, 4) is 0 Å². The number of hydrogen-bond acceptors (Lipinski definition) is 4. The quantitative estimate of drug-likeness (QED) is 0.619. The Morgan fingerprint density at radius 2 is 1.65 bits per heavy atom. The lowest BCUT2D eigenvalue weighted by Crippen LogP contribution is -2.43. The maximum Gasteiger partial charge on any atom is 0.223 e. The van der Waals surface area contributed by atoms with Crippen LogP contribution in [0.3, 0.4) is 0 Å². The molecule has 2 aromatic carbocycles.